The molecule has 1 aliphatic heterocycles. The summed E-state index contributed by atoms with van der Waals surface area (Å²) in [6.07, 6.45) is 4.07. The number of aliphatic carboxylic acids is 1. The van der Waals surface area contributed by atoms with Gasteiger partial charge in [0.2, 0.25) is 23.6 Å². The van der Waals surface area contributed by atoms with Crippen molar-refractivity contribution in [2.45, 2.75) is 101 Å². The maximum Gasteiger partial charge on any atom is 0.326 e. The predicted molar refractivity (Wildman–Crippen MR) is 157 cm³/mol. The van der Waals surface area contributed by atoms with E-state index < -0.39 is 53.9 Å². The molecule has 1 heterocycles. The number of hydrogen-bond acceptors (Lipinski definition) is 9. The van der Waals surface area contributed by atoms with E-state index in [1.807, 2.05) is 0 Å². The van der Waals surface area contributed by atoms with Gasteiger partial charge in [-0.1, -0.05) is 0 Å². The van der Waals surface area contributed by atoms with Crippen molar-refractivity contribution in [3.8, 4) is 0 Å². The molecule has 0 unspecified atom stereocenters. The van der Waals surface area contributed by atoms with Crippen LogP contribution in [0.25, 0.3) is 0 Å². The highest BCUT2D eigenvalue weighted by molar-refractivity contribution is 5.95. The highest BCUT2D eigenvalue weighted by Crippen LogP contribution is 2.19. The molecule has 0 spiro atoms. The summed E-state index contributed by atoms with van der Waals surface area (Å²) in [5.41, 5.74) is 22.2. The molecule has 0 aromatic carbocycles. The van der Waals surface area contributed by atoms with Crippen LogP contribution in [0, 0.1) is 5.41 Å². The van der Waals surface area contributed by atoms with Crippen molar-refractivity contribution in [3.05, 3.63) is 0 Å². The number of carboxylic acid groups (broad SMARTS) is 1. The second-order valence-electron chi connectivity index (χ2n) is 10.6. The summed E-state index contributed by atoms with van der Waals surface area (Å²) in [6.45, 7) is 2.94. The fourth-order valence-electron chi connectivity index (χ4n) is 4.69. The van der Waals surface area contributed by atoms with Crippen LogP contribution in [0.5, 0.6) is 0 Å². The minimum atomic E-state index is -1.20. The Kier molecular flexibility index (Phi) is 17.0. The van der Waals surface area contributed by atoms with E-state index in [4.69, 9.17) is 28.3 Å². The summed E-state index contributed by atoms with van der Waals surface area (Å²) in [4.78, 5) is 65.5. The second kappa shape index (κ2) is 19.6. The highest BCUT2D eigenvalue weighted by Gasteiger charge is 2.37. The molecule has 1 rings (SSSR count). The second-order valence-corrected chi connectivity index (χ2v) is 10.6. The number of nitrogens with two attached hydrogens (primary N) is 4. The summed E-state index contributed by atoms with van der Waals surface area (Å²) in [5.74, 6) is -3.62. The summed E-state index contributed by atoms with van der Waals surface area (Å²) in [7, 11) is 0. The summed E-state index contributed by atoms with van der Waals surface area (Å²) in [6, 6.07) is -4.88. The molecule has 240 valence electrons. The van der Waals surface area contributed by atoms with Crippen LogP contribution in [-0.4, -0.2) is 102 Å². The molecule has 0 bridgehead atoms. The molecule has 14 N–H and O–H groups in total. The fraction of sp³-hybridized carbons (Fsp3) is 0.769. The Bertz CT molecular complexity index is 918. The monoisotopic (exact) mass is 598 g/mol. The van der Waals surface area contributed by atoms with Gasteiger partial charge in [-0.25, -0.2) is 4.79 Å². The van der Waals surface area contributed by atoms with E-state index >= 15 is 0 Å². The van der Waals surface area contributed by atoms with E-state index in [1.165, 1.54) is 11.8 Å². The molecule has 0 saturated carbocycles. The van der Waals surface area contributed by atoms with Crippen molar-refractivity contribution in [1.82, 2.24) is 26.2 Å². The molecule has 0 radical (unpaired) electrons. The Hall–Kier alpha value is -3.50. The molecule has 16 heteroatoms. The van der Waals surface area contributed by atoms with Crippen LogP contribution in [0.3, 0.4) is 0 Å². The van der Waals surface area contributed by atoms with Gasteiger partial charge in [0.1, 0.15) is 24.2 Å². The largest absolute Gasteiger partial charge is 0.480 e. The Labute approximate surface area is 246 Å². The van der Waals surface area contributed by atoms with Gasteiger partial charge >= 0.3 is 5.97 Å². The maximum atomic E-state index is 13.5. The van der Waals surface area contributed by atoms with E-state index in [9.17, 15) is 29.1 Å². The van der Waals surface area contributed by atoms with Gasteiger partial charge in [-0.3, -0.25) is 24.6 Å². The summed E-state index contributed by atoms with van der Waals surface area (Å²) < 4.78 is 0. The molecule has 0 aromatic rings. The zero-order valence-corrected chi connectivity index (χ0v) is 24.5. The van der Waals surface area contributed by atoms with Crippen LogP contribution in [-0.2, 0) is 24.0 Å². The number of carbonyl (C=O) groups excluding carboxylic acids is 4. The molecule has 4 amide bonds. The minimum Gasteiger partial charge on any atom is -0.480 e. The highest BCUT2D eigenvalue weighted by atomic mass is 16.4. The number of hydrogen-bond donors (Lipinski definition) is 10. The van der Waals surface area contributed by atoms with Crippen LogP contribution in [0.15, 0.2) is 0 Å². The number of likely N-dealkylation sites (tertiary alicyclic amines) is 1. The molecule has 0 aromatic heterocycles. The fourth-order valence-corrected chi connectivity index (χ4v) is 4.69. The van der Waals surface area contributed by atoms with Crippen LogP contribution in [0.2, 0.25) is 0 Å². The lowest BCUT2D eigenvalue weighted by molar-refractivity contribution is -0.142. The van der Waals surface area contributed by atoms with Gasteiger partial charge in [0, 0.05) is 13.1 Å². The van der Waals surface area contributed by atoms with Gasteiger partial charge in [0.15, 0.2) is 5.96 Å². The first kappa shape index (κ1) is 36.5. The molecule has 1 fully saturated rings. The van der Waals surface area contributed by atoms with Crippen molar-refractivity contribution < 1.29 is 29.1 Å². The number of carboxylic acids is 1. The Morgan fingerprint density at radius 3 is 1.93 bits per heavy atom. The van der Waals surface area contributed by atoms with E-state index in [0.29, 0.717) is 64.6 Å². The first-order chi connectivity index (χ1) is 19.9. The van der Waals surface area contributed by atoms with Crippen molar-refractivity contribution in [1.29, 1.82) is 5.41 Å². The Balaban J connectivity index is 3.08. The number of nitrogens with one attached hydrogen (secondary N) is 5. The lowest BCUT2D eigenvalue weighted by Crippen LogP contribution is -2.58. The number of amides is 4. The Morgan fingerprint density at radius 1 is 0.881 bits per heavy atom. The maximum absolute atomic E-state index is 13.5. The van der Waals surface area contributed by atoms with E-state index in [1.54, 1.807) is 0 Å². The topological polar surface area (TPSA) is 285 Å². The zero-order chi connectivity index (χ0) is 31.7. The third-order valence-corrected chi connectivity index (χ3v) is 6.99. The molecular weight excluding hydrogens is 548 g/mol. The van der Waals surface area contributed by atoms with Gasteiger partial charge < -0.3 is 54.2 Å². The van der Waals surface area contributed by atoms with E-state index in [0.717, 1.165) is 0 Å². The molecule has 5 atom stereocenters. The third kappa shape index (κ3) is 13.0. The first-order valence-corrected chi connectivity index (χ1v) is 14.6. The van der Waals surface area contributed by atoms with Crippen molar-refractivity contribution in [2.75, 3.05) is 26.2 Å². The molecular formula is C26H50N10O6. The lowest BCUT2D eigenvalue weighted by Gasteiger charge is -2.28. The molecule has 42 heavy (non-hydrogen) atoms. The number of nitrogens with zero attached hydrogens (tertiary/aromatic N) is 1. The lowest BCUT2D eigenvalue weighted by atomic mass is 10.0. The quantitative estimate of drug-likeness (QED) is 0.0393. The van der Waals surface area contributed by atoms with Gasteiger partial charge in [0.25, 0.3) is 0 Å². The van der Waals surface area contributed by atoms with Crippen LogP contribution in [0.1, 0.15) is 71.1 Å². The number of unbranched alkanes of at least 4 members (excludes halogenated alkanes) is 2. The van der Waals surface area contributed by atoms with E-state index in [2.05, 4.69) is 21.3 Å². The standard InChI is InChI=1S/C26H50N10O6/c1-16(29)24(40)36-15-7-11-20(36)23(39)34-18(10-6-14-32-26(30)31)21(37)33-17(8-2-4-12-27)22(38)35-19(25(41)42)9-3-5-13-28/h16-20H,2-15,27-29H2,1H3,(H,33,37)(H,34,39)(H,35,38)(H,41,42)(H4,30,31,32)/t16-,17-,18-,19-,20-/m0/s1. The number of guanidine groups is 1. The number of carbonyl (C=O) groups is 5. The van der Waals surface area contributed by atoms with Gasteiger partial charge in [-0.15, -0.1) is 0 Å². The third-order valence-electron chi connectivity index (χ3n) is 6.99. The van der Waals surface area contributed by atoms with Crippen LogP contribution >= 0.6 is 0 Å². The molecule has 1 aliphatic rings. The van der Waals surface area contributed by atoms with Gasteiger partial charge in [-0.05, 0) is 84.2 Å². The average molecular weight is 599 g/mol. The molecule has 0 aliphatic carbocycles. The summed E-state index contributed by atoms with van der Waals surface area (Å²) in [5, 5.41) is 27.4. The minimum absolute atomic E-state index is 0.139. The first-order valence-electron chi connectivity index (χ1n) is 14.6. The van der Waals surface area contributed by atoms with Crippen LogP contribution in [0.4, 0.5) is 0 Å². The SMILES string of the molecule is C[C@H](N)C(=O)N1CCC[C@H]1C(=O)N[C@@H](CCCNC(=N)N)C(=O)N[C@@H](CCCCN)C(=O)N[C@@H](CCCCN)C(=O)O. The van der Waals surface area contributed by atoms with Crippen LogP contribution < -0.4 is 44.2 Å². The smallest absolute Gasteiger partial charge is 0.326 e. The van der Waals surface area contributed by atoms with Crippen molar-refractivity contribution >= 4 is 35.6 Å². The van der Waals surface area contributed by atoms with E-state index in [-0.39, 0.29) is 37.7 Å². The summed E-state index contributed by atoms with van der Waals surface area (Å²) >= 11 is 0. The van der Waals surface area contributed by atoms with Gasteiger partial charge in [-0.2, -0.15) is 0 Å². The number of rotatable bonds is 20. The van der Waals surface area contributed by atoms with Crippen molar-refractivity contribution in [3.63, 3.8) is 0 Å². The Morgan fingerprint density at radius 2 is 1.40 bits per heavy atom. The zero-order valence-electron chi connectivity index (χ0n) is 24.5. The molecule has 16 nitrogen and oxygen atoms in total. The normalized spacial score (nSPS) is 17.4. The van der Waals surface area contributed by atoms with Crippen molar-refractivity contribution in [2.24, 2.45) is 22.9 Å². The van der Waals surface area contributed by atoms with Gasteiger partial charge in [0.05, 0.1) is 6.04 Å². The predicted octanol–water partition coefficient (Wildman–Crippen LogP) is -2.62. The molecule has 1 saturated heterocycles. The average Bonchev–Trinajstić information content (AvgIpc) is 3.43.